The number of nitrogens with two attached hydrogens (primary N) is 1. The smallest absolute Gasteiger partial charge is 0.294 e. The van der Waals surface area contributed by atoms with Crippen molar-refractivity contribution < 1.29 is 62.9 Å². The Morgan fingerprint density at radius 2 is 1.60 bits per heavy atom. The quantitative estimate of drug-likeness (QED) is 0.0111. The van der Waals surface area contributed by atoms with Crippen molar-refractivity contribution in [2.75, 3.05) is 29.5 Å². The number of hydrazine groups is 1. The first-order valence-electron chi connectivity index (χ1n) is 17.9. The number of hydrogen-bond donors (Lipinski definition) is 6. The standard InChI is InChI=1S/C36H48N4O13S4/c1-35(2)28-25-27(57(49,50)51)16-18-30(28)39(20-10-22-55(43,44)45)32(35)12-6-4-7-13-33-36(3,19-9-5-8-14-34(41)38-37)29-24-26(54-53-52-42)15-17-31(29)40(33)21-11-23-56(46,47)48/h4,6-7,12-13,15-18,24-25H,5,8-11,14,19-23,37H2,1-3H3,(H4-,38,41,42,43,44,45,46,47,48,49,50,51)/p+1. The van der Waals surface area contributed by atoms with Gasteiger partial charge in [0, 0.05) is 58.8 Å². The summed E-state index contributed by atoms with van der Waals surface area (Å²) in [5.41, 5.74) is 5.11. The Morgan fingerprint density at radius 1 is 0.895 bits per heavy atom. The molecule has 2 heterocycles. The van der Waals surface area contributed by atoms with Crippen LogP contribution in [0.25, 0.3) is 0 Å². The van der Waals surface area contributed by atoms with Crippen molar-refractivity contribution >= 4 is 65.4 Å². The van der Waals surface area contributed by atoms with Crippen LogP contribution in [-0.2, 0) is 55.4 Å². The number of allylic oxidation sites excluding steroid dienone is 6. The van der Waals surface area contributed by atoms with E-state index in [0.29, 0.717) is 47.5 Å². The lowest BCUT2D eigenvalue weighted by atomic mass is 9.75. The second-order valence-electron chi connectivity index (χ2n) is 14.4. The average molecular weight is 874 g/mol. The molecule has 2 aromatic carbocycles. The Labute approximate surface area is 337 Å². The Balaban J connectivity index is 1.74. The summed E-state index contributed by atoms with van der Waals surface area (Å²) < 4.78 is 106. The monoisotopic (exact) mass is 873 g/mol. The van der Waals surface area contributed by atoms with Gasteiger partial charge in [-0.25, -0.2) is 11.1 Å². The number of nitrogens with zero attached hydrogens (tertiary/aromatic N) is 2. The number of fused-ring (bicyclic) bond motifs is 2. The minimum Gasteiger partial charge on any atom is -0.344 e. The second kappa shape index (κ2) is 19.1. The molecule has 1 amide bonds. The minimum atomic E-state index is -4.51. The number of carbonyl (C=O) groups is 1. The molecule has 1 unspecified atom stereocenters. The summed E-state index contributed by atoms with van der Waals surface area (Å²) in [6.45, 7) is 6.20. The normalized spacial score (nSPS) is 18.9. The Morgan fingerprint density at radius 3 is 2.25 bits per heavy atom. The molecule has 21 heteroatoms. The van der Waals surface area contributed by atoms with Crippen molar-refractivity contribution in [3.8, 4) is 0 Å². The maximum Gasteiger partial charge on any atom is 0.294 e. The molecule has 314 valence electrons. The largest absolute Gasteiger partial charge is 0.344 e. The number of anilines is 1. The van der Waals surface area contributed by atoms with Crippen LogP contribution in [0.4, 0.5) is 11.4 Å². The third-order valence-corrected chi connectivity index (χ3v) is 13.1. The minimum absolute atomic E-state index is 0.0693. The molecule has 0 saturated heterocycles. The van der Waals surface area contributed by atoms with Crippen molar-refractivity contribution in [3.63, 3.8) is 0 Å². The second-order valence-corrected chi connectivity index (χ2v) is 19.7. The molecule has 0 bridgehead atoms. The highest BCUT2D eigenvalue weighted by atomic mass is 32.2. The van der Waals surface area contributed by atoms with Gasteiger partial charge in [-0.15, -0.1) is 4.33 Å². The van der Waals surface area contributed by atoms with E-state index in [1.54, 1.807) is 24.3 Å². The molecule has 2 aliphatic heterocycles. The molecule has 57 heavy (non-hydrogen) atoms. The van der Waals surface area contributed by atoms with Crippen LogP contribution in [0.2, 0.25) is 0 Å². The number of rotatable bonds is 21. The summed E-state index contributed by atoms with van der Waals surface area (Å²) in [5, 5.41) is 12.6. The maximum atomic E-state index is 12.0. The van der Waals surface area contributed by atoms with Gasteiger partial charge < -0.3 is 4.90 Å². The molecule has 4 rings (SSSR count). The molecule has 0 spiro atoms. The highest BCUT2D eigenvalue weighted by molar-refractivity contribution is 7.94. The Kier molecular flexibility index (Phi) is 15.5. The van der Waals surface area contributed by atoms with Gasteiger partial charge in [0.15, 0.2) is 5.71 Å². The van der Waals surface area contributed by atoms with Crippen LogP contribution in [0.3, 0.4) is 0 Å². The van der Waals surface area contributed by atoms with Crippen LogP contribution in [-0.4, -0.2) is 85.0 Å². The lowest BCUT2D eigenvalue weighted by Gasteiger charge is -2.27. The van der Waals surface area contributed by atoms with E-state index in [1.165, 1.54) is 12.1 Å². The van der Waals surface area contributed by atoms with Gasteiger partial charge in [0.25, 0.3) is 30.4 Å². The van der Waals surface area contributed by atoms with Crippen molar-refractivity contribution in [2.24, 2.45) is 5.84 Å². The Bertz CT molecular complexity index is 2270. The SMILES string of the molecule is CC1(CCCCCC(=O)NN)C(/C=C/C=C/C=C2\N(CCCS(=O)(=O)O)c3ccc(S(=O)(=O)O)cc3C2(C)C)=[N+](CCCS(=O)(=O)O)c2ccc(SOOO)cc21. The molecule has 7 N–H and O–H groups in total. The number of carbonyl (C=O) groups excluding carboxylic acids is 1. The van der Waals surface area contributed by atoms with E-state index in [1.807, 2.05) is 60.6 Å². The molecular formula is C36H49N4O13S4+. The summed E-state index contributed by atoms with van der Waals surface area (Å²) in [6.07, 6.45) is 12.2. The van der Waals surface area contributed by atoms with E-state index in [-0.39, 0.29) is 43.2 Å². The van der Waals surface area contributed by atoms with Crippen LogP contribution < -0.4 is 16.2 Å². The van der Waals surface area contributed by atoms with E-state index >= 15 is 0 Å². The van der Waals surface area contributed by atoms with Crippen LogP contribution >= 0.6 is 12.0 Å². The van der Waals surface area contributed by atoms with E-state index in [9.17, 15) is 43.7 Å². The molecule has 17 nitrogen and oxygen atoms in total. The van der Waals surface area contributed by atoms with E-state index in [0.717, 1.165) is 29.0 Å². The fourth-order valence-corrected chi connectivity index (χ4v) is 9.27. The highest BCUT2D eigenvalue weighted by Crippen LogP contribution is 2.49. The zero-order valence-corrected chi connectivity index (χ0v) is 35.0. The summed E-state index contributed by atoms with van der Waals surface area (Å²) in [4.78, 5) is 13.9. The number of amides is 1. The zero-order chi connectivity index (χ0) is 42.2. The van der Waals surface area contributed by atoms with Gasteiger partial charge in [-0.2, -0.15) is 29.8 Å². The number of hydrogen-bond acceptors (Lipinski definition) is 13. The third-order valence-electron chi connectivity index (χ3n) is 10.1. The fourth-order valence-electron chi connectivity index (χ4n) is 7.38. The molecule has 2 aliphatic rings. The van der Waals surface area contributed by atoms with Gasteiger partial charge in [-0.1, -0.05) is 50.0 Å². The topological polar surface area (TPSA) is 263 Å². The van der Waals surface area contributed by atoms with Crippen LogP contribution in [0.15, 0.2) is 82.3 Å². The number of nitrogens with one attached hydrogen (secondary N) is 1. The molecule has 0 saturated carbocycles. The van der Waals surface area contributed by atoms with Crippen molar-refractivity contribution in [1.82, 2.24) is 5.43 Å². The zero-order valence-electron chi connectivity index (χ0n) is 31.7. The molecule has 0 aliphatic carbocycles. The van der Waals surface area contributed by atoms with Crippen molar-refractivity contribution in [1.29, 1.82) is 0 Å². The summed E-state index contributed by atoms with van der Waals surface area (Å²) in [6, 6.07) is 9.69. The van der Waals surface area contributed by atoms with Crippen LogP contribution in [0.5, 0.6) is 0 Å². The van der Waals surface area contributed by atoms with Gasteiger partial charge in [0.2, 0.25) is 11.6 Å². The molecule has 0 radical (unpaired) electrons. The molecule has 2 aromatic rings. The summed E-state index contributed by atoms with van der Waals surface area (Å²) >= 11 is 0.796. The molecular weight excluding hydrogens is 825 g/mol. The predicted octanol–water partition coefficient (Wildman–Crippen LogP) is 5.01. The lowest BCUT2D eigenvalue weighted by molar-refractivity contribution is -0.437. The van der Waals surface area contributed by atoms with Crippen molar-refractivity contribution in [2.45, 2.75) is 86.3 Å². The van der Waals surface area contributed by atoms with E-state index in [2.05, 4.69) is 14.8 Å². The van der Waals surface area contributed by atoms with Gasteiger partial charge in [0.1, 0.15) is 6.54 Å². The van der Waals surface area contributed by atoms with Crippen LogP contribution in [0, 0.1) is 0 Å². The lowest BCUT2D eigenvalue weighted by Crippen LogP contribution is -2.32. The molecule has 0 fully saturated rings. The van der Waals surface area contributed by atoms with Gasteiger partial charge >= 0.3 is 0 Å². The average Bonchev–Trinajstić information content (AvgIpc) is 3.47. The van der Waals surface area contributed by atoms with E-state index < -0.39 is 52.7 Å². The van der Waals surface area contributed by atoms with Gasteiger partial charge in [0.05, 0.1) is 33.9 Å². The summed E-state index contributed by atoms with van der Waals surface area (Å²) in [7, 11) is -13.0. The van der Waals surface area contributed by atoms with Gasteiger partial charge in [-0.3, -0.25) is 23.9 Å². The highest BCUT2D eigenvalue weighted by Gasteiger charge is 2.47. The fraction of sp³-hybridized carbons (Fsp3) is 0.444. The Hall–Kier alpha value is -3.48. The van der Waals surface area contributed by atoms with Crippen LogP contribution in [0.1, 0.15) is 76.8 Å². The number of benzene rings is 2. The molecule has 0 aromatic heterocycles. The van der Waals surface area contributed by atoms with Gasteiger partial charge in [-0.05, 0) is 68.2 Å². The first-order chi connectivity index (χ1) is 26.6. The van der Waals surface area contributed by atoms with E-state index in [4.69, 9.17) is 11.1 Å². The third kappa shape index (κ3) is 12.0. The first kappa shape index (κ1) is 46.2. The van der Waals surface area contributed by atoms with Crippen molar-refractivity contribution in [3.05, 3.63) is 83.6 Å². The maximum absolute atomic E-state index is 12.0. The first-order valence-corrected chi connectivity index (χ1v) is 23.3. The number of unbranched alkanes of at least 4 members (excludes halogenated alkanes) is 2. The summed E-state index contributed by atoms with van der Waals surface area (Å²) in [5.74, 6) is 4.02. The predicted molar refractivity (Wildman–Crippen MR) is 215 cm³/mol. The molecule has 1 atom stereocenters.